The molecule has 0 spiro atoms. The van der Waals surface area contributed by atoms with E-state index in [9.17, 15) is 18.0 Å². The molecule has 1 fully saturated rings. The van der Waals surface area contributed by atoms with Crippen molar-refractivity contribution in [1.29, 1.82) is 0 Å². The number of carbonyl (C=O) groups excluding carboxylic acids is 1. The molecule has 0 radical (unpaired) electrons. The lowest BCUT2D eigenvalue weighted by atomic mass is 10.1. The first kappa shape index (κ1) is 25.8. The van der Waals surface area contributed by atoms with E-state index in [1.54, 1.807) is 7.05 Å². The van der Waals surface area contributed by atoms with E-state index in [2.05, 4.69) is 15.6 Å². The average Bonchev–Trinajstić information content (AvgIpc) is 2.74. The number of benzene rings is 2. The Balaban J connectivity index is 0.00000363. The molecule has 0 saturated carbocycles. The molecule has 0 aromatic heterocycles. The maximum absolute atomic E-state index is 12.7. The molecule has 0 unspecified atom stereocenters. The van der Waals surface area contributed by atoms with Crippen molar-refractivity contribution in [3.05, 3.63) is 65.2 Å². The van der Waals surface area contributed by atoms with Gasteiger partial charge in [0.15, 0.2) is 5.96 Å². The van der Waals surface area contributed by atoms with E-state index < -0.39 is 11.7 Å². The van der Waals surface area contributed by atoms with Crippen LogP contribution < -0.4 is 15.5 Å². The average molecular weight is 561 g/mol. The number of hydrogen-bond donors (Lipinski definition) is 2. The number of amides is 1. The Morgan fingerprint density at radius 2 is 1.75 bits per heavy atom. The number of hydrogen-bond acceptors (Lipinski definition) is 3. The highest BCUT2D eigenvalue weighted by atomic mass is 127. The molecule has 1 amide bonds. The zero-order valence-corrected chi connectivity index (χ0v) is 20.3. The lowest BCUT2D eigenvalue weighted by Gasteiger charge is -2.28. The fourth-order valence-electron chi connectivity index (χ4n) is 3.40. The largest absolute Gasteiger partial charge is 0.416 e. The zero-order valence-electron chi connectivity index (χ0n) is 17.9. The molecule has 174 valence electrons. The van der Waals surface area contributed by atoms with E-state index in [0.717, 1.165) is 35.5 Å². The second-order valence-electron chi connectivity index (χ2n) is 7.39. The SMILES string of the molecule is CN=C(NCc1ccc(N2CCNC(=O)C2)cc1)N(C)Cc1ccc(C(F)(F)F)cc1.I. The minimum atomic E-state index is -4.34. The van der Waals surface area contributed by atoms with Crippen LogP contribution in [0.1, 0.15) is 16.7 Å². The molecule has 6 nitrogen and oxygen atoms in total. The van der Waals surface area contributed by atoms with Gasteiger partial charge in [0.05, 0.1) is 12.1 Å². The Bertz CT molecular complexity index is 917. The lowest BCUT2D eigenvalue weighted by Crippen LogP contribution is -2.47. The van der Waals surface area contributed by atoms with Gasteiger partial charge < -0.3 is 20.4 Å². The summed E-state index contributed by atoms with van der Waals surface area (Å²) in [6.45, 7) is 2.76. The highest BCUT2D eigenvalue weighted by Gasteiger charge is 2.30. The first-order valence-corrected chi connectivity index (χ1v) is 9.95. The highest BCUT2D eigenvalue weighted by Crippen LogP contribution is 2.29. The first-order chi connectivity index (χ1) is 14.8. The van der Waals surface area contributed by atoms with Crippen LogP contribution in [0.2, 0.25) is 0 Å². The summed E-state index contributed by atoms with van der Waals surface area (Å²) in [5.41, 5.74) is 2.15. The van der Waals surface area contributed by atoms with Gasteiger partial charge in [-0.25, -0.2) is 0 Å². The molecule has 2 aromatic rings. The summed E-state index contributed by atoms with van der Waals surface area (Å²) >= 11 is 0. The fraction of sp³-hybridized carbons (Fsp3) is 0.364. The summed E-state index contributed by atoms with van der Waals surface area (Å²) in [5, 5.41) is 6.08. The Morgan fingerprint density at radius 3 is 2.31 bits per heavy atom. The summed E-state index contributed by atoms with van der Waals surface area (Å²) in [7, 11) is 3.49. The van der Waals surface area contributed by atoms with E-state index in [-0.39, 0.29) is 29.9 Å². The van der Waals surface area contributed by atoms with Crippen molar-refractivity contribution in [2.45, 2.75) is 19.3 Å². The number of carbonyl (C=O) groups is 1. The molecule has 0 aliphatic carbocycles. The predicted molar refractivity (Wildman–Crippen MR) is 130 cm³/mol. The highest BCUT2D eigenvalue weighted by molar-refractivity contribution is 14.0. The van der Waals surface area contributed by atoms with Crippen LogP contribution in [-0.4, -0.2) is 50.5 Å². The van der Waals surface area contributed by atoms with Crippen molar-refractivity contribution >= 4 is 41.5 Å². The van der Waals surface area contributed by atoms with E-state index in [1.807, 2.05) is 41.1 Å². The Labute approximate surface area is 202 Å². The van der Waals surface area contributed by atoms with Crippen LogP contribution in [0.3, 0.4) is 0 Å². The van der Waals surface area contributed by atoms with Crippen LogP contribution in [0.4, 0.5) is 18.9 Å². The minimum absolute atomic E-state index is 0. The van der Waals surface area contributed by atoms with Crippen molar-refractivity contribution in [3.63, 3.8) is 0 Å². The third kappa shape index (κ3) is 7.01. The van der Waals surface area contributed by atoms with Crippen LogP contribution in [0.15, 0.2) is 53.5 Å². The number of anilines is 1. The number of halogens is 4. The molecule has 32 heavy (non-hydrogen) atoms. The number of alkyl halides is 3. The summed E-state index contributed by atoms with van der Waals surface area (Å²) in [6.07, 6.45) is -4.34. The minimum Gasteiger partial charge on any atom is -0.360 e. The maximum atomic E-state index is 12.7. The third-order valence-corrected chi connectivity index (χ3v) is 5.06. The maximum Gasteiger partial charge on any atom is 0.416 e. The molecule has 2 aromatic carbocycles. The normalized spacial score (nSPS) is 14.5. The second-order valence-corrected chi connectivity index (χ2v) is 7.39. The number of guanidine groups is 1. The molecule has 1 saturated heterocycles. The molecule has 10 heteroatoms. The molecule has 2 N–H and O–H groups in total. The zero-order chi connectivity index (χ0) is 22.4. The smallest absolute Gasteiger partial charge is 0.360 e. The monoisotopic (exact) mass is 561 g/mol. The van der Waals surface area contributed by atoms with Crippen molar-refractivity contribution in [2.75, 3.05) is 38.6 Å². The summed E-state index contributed by atoms with van der Waals surface area (Å²) < 4.78 is 38.1. The van der Waals surface area contributed by atoms with Crippen LogP contribution >= 0.6 is 24.0 Å². The van der Waals surface area contributed by atoms with Gasteiger partial charge in [-0.15, -0.1) is 24.0 Å². The summed E-state index contributed by atoms with van der Waals surface area (Å²) in [4.78, 5) is 19.7. The van der Waals surface area contributed by atoms with Gasteiger partial charge in [0.25, 0.3) is 0 Å². The topological polar surface area (TPSA) is 60.0 Å². The van der Waals surface area contributed by atoms with Gasteiger partial charge >= 0.3 is 6.18 Å². The lowest BCUT2D eigenvalue weighted by molar-refractivity contribution is -0.137. The molecule has 0 bridgehead atoms. The number of rotatable bonds is 5. The number of nitrogens with zero attached hydrogens (tertiary/aromatic N) is 3. The predicted octanol–water partition coefficient (Wildman–Crippen LogP) is 3.47. The molecule has 0 atom stereocenters. The van der Waals surface area contributed by atoms with E-state index in [0.29, 0.717) is 32.1 Å². The number of aliphatic imine (C=N–C) groups is 1. The Kier molecular flexibility index (Phi) is 9.17. The van der Waals surface area contributed by atoms with Crippen LogP contribution in [-0.2, 0) is 24.1 Å². The Hall–Kier alpha value is -2.50. The Morgan fingerprint density at radius 1 is 1.12 bits per heavy atom. The van der Waals surface area contributed by atoms with Crippen LogP contribution in [0.25, 0.3) is 0 Å². The van der Waals surface area contributed by atoms with Crippen molar-refractivity contribution in [1.82, 2.24) is 15.5 Å². The van der Waals surface area contributed by atoms with Crippen LogP contribution in [0.5, 0.6) is 0 Å². The van der Waals surface area contributed by atoms with Crippen molar-refractivity contribution in [3.8, 4) is 0 Å². The molecular weight excluding hydrogens is 534 g/mol. The third-order valence-electron chi connectivity index (χ3n) is 5.06. The van der Waals surface area contributed by atoms with Gasteiger partial charge in [0.1, 0.15) is 0 Å². The first-order valence-electron chi connectivity index (χ1n) is 9.95. The quantitative estimate of drug-likeness (QED) is 0.334. The van der Waals surface area contributed by atoms with Gasteiger partial charge in [-0.2, -0.15) is 13.2 Å². The van der Waals surface area contributed by atoms with E-state index in [4.69, 9.17) is 0 Å². The van der Waals surface area contributed by atoms with Crippen molar-refractivity contribution in [2.24, 2.45) is 4.99 Å². The molecule has 1 aliphatic heterocycles. The van der Waals surface area contributed by atoms with E-state index in [1.165, 1.54) is 12.1 Å². The standard InChI is InChI=1S/C22H26F3N5O.HI/c1-26-21(29(2)14-17-3-7-18(8-4-17)22(23,24)25)28-13-16-5-9-19(10-6-16)30-12-11-27-20(31)15-30;/h3-10H,11-15H2,1-2H3,(H,26,28)(H,27,31);1H. The molecular formula is C22H27F3IN5O. The van der Waals surface area contributed by atoms with Gasteiger partial charge in [0.2, 0.25) is 5.91 Å². The van der Waals surface area contributed by atoms with Crippen molar-refractivity contribution < 1.29 is 18.0 Å². The fourth-order valence-corrected chi connectivity index (χ4v) is 3.40. The number of piperazine rings is 1. The van der Waals surface area contributed by atoms with Gasteiger partial charge in [-0.1, -0.05) is 24.3 Å². The molecule has 3 rings (SSSR count). The van der Waals surface area contributed by atoms with Gasteiger partial charge in [0, 0.05) is 46.0 Å². The molecule has 1 aliphatic rings. The second kappa shape index (κ2) is 11.4. The number of nitrogens with one attached hydrogen (secondary N) is 2. The van der Waals surface area contributed by atoms with Gasteiger partial charge in [-0.05, 0) is 35.4 Å². The summed E-state index contributed by atoms with van der Waals surface area (Å²) in [6, 6.07) is 13.1. The van der Waals surface area contributed by atoms with Crippen LogP contribution in [0, 0.1) is 0 Å². The van der Waals surface area contributed by atoms with Gasteiger partial charge in [-0.3, -0.25) is 9.79 Å². The molecule has 1 heterocycles. The van der Waals surface area contributed by atoms with E-state index >= 15 is 0 Å². The summed E-state index contributed by atoms with van der Waals surface area (Å²) in [5.74, 6) is 0.661.